The second kappa shape index (κ2) is 5.73. The van der Waals surface area contributed by atoms with Crippen LogP contribution < -0.4 is 10.1 Å². The number of hydrogen-bond acceptors (Lipinski definition) is 3. The number of benzene rings is 1. The van der Waals surface area contributed by atoms with Crippen molar-refractivity contribution in [3.63, 3.8) is 0 Å². The zero-order valence-electron chi connectivity index (χ0n) is 10.8. The molecule has 1 amide bonds. The number of ether oxygens (including phenoxy) is 1. The number of nitrogens with one attached hydrogen (secondary N) is 1. The molecule has 102 valence electrons. The predicted molar refractivity (Wildman–Crippen MR) is 69.2 cm³/mol. The second-order valence-corrected chi connectivity index (χ2v) is 4.75. The molecule has 1 saturated carbocycles. The summed E-state index contributed by atoms with van der Waals surface area (Å²) < 4.78 is 5.03. The van der Waals surface area contributed by atoms with Crippen LogP contribution in [-0.2, 0) is 4.79 Å². The number of carbonyl (C=O) groups excluding carboxylic acids is 1. The van der Waals surface area contributed by atoms with E-state index in [1.807, 2.05) is 0 Å². The first-order valence-corrected chi connectivity index (χ1v) is 6.28. The van der Waals surface area contributed by atoms with E-state index < -0.39 is 5.97 Å². The predicted octanol–water partition coefficient (Wildman–Crippen LogP) is 1.68. The van der Waals surface area contributed by atoms with E-state index in [0.29, 0.717) is 24.2 Å². The summed E-state index contributed by atoms with van der Waals surface area (Å²) in [6.45, 7) is 0. The number of rotatable bonds is 4. The molecule has 1 aliphatic rings. The van der Waals surface area contributed by atoms with Gasteiger partial charge in [-0.1, -0.05) is 0 Å². The number of carboxylic acid groups (broad SMARTS) is 1. The Labute approximate surface area is 111 Å². The van der Waals surface area contributed by atoms with Crippen molar-refractivity contribution in [2.45, 2.75) is 25.3 Å². The van der Waals surface area contributed by atoms with Crippen LogP contribution in [0.2, 0.25) is 0 Å². The zero-order chi connectivity index (χ0) is 13.8. The average molecular weight is 263 g/mol. The van der Waals surface area contributed by atoms with Crippen LogP contribution in [0.3, 0.4) is 0 Å². The largest absolute Gasteiger partial charge is 0.497 e. The molecule has 1 fully saturated rings. The first kappa shape index (κ1) is 13.4. The molecule has 0 aliphatic heterocycles. The van der Waals surface area contributed by atoms with Crippen molar-refractivity contribution < 1.29 is 19.4 Å². The fourth-order valence-corrected chi connectivity index (χ4v) is 2.35. The topological polar surface area (TPSA) is 75.6 Å². The van der Waals surface area contributed by atoms with Gasteiger partial charge in [-0.05, 0) is 43.5 Å². The molecule has 19 heavy (non-hydrogen) atoms. The quantitative estimate of drug-likeness (QED) is 0.866. The lowest BCUT2D eigenvalue weighted by Crippen LogP contribution is -2.33. The molecule has 0 aromatic heterocycles. The smallest absolute Gasteiger partial charge is 0.306 e. The van der Waals surface area contributed by atoms with Gasteiger partial charge in [-0.15, -0.1) is 0 Å². The Hall–Kier alpha value is -2.04. The Bertz CT molecular complexity index is 469. The standard InChI is InChI=1S/C14H17NO4/c1-19-12-6-3-9(4-7-12)13(16)15-11-5-2-10(8-11)14(17)18/h3-4,6-7,10-11H,2,5,8H2,1H3,(H,15,16)(H,17,18)/t10-,11+/m0/s1. The van der Waals surface area contributed by atoms with Gasteiger partial charge in [-0.25, -0.2) is 0 Å². The van der Waals surface area contributed by atoms with E-state index in [1.54, 1.807) is 31.4 Å². The number of aliphatic carboxylic acids is 1. The van der Waals surface area contributed by atoms with E-state index in [0.717, 1.165) is 6.42 Å². The van der Waals surface area contributed by atoms with E-state index in [1.165, 1.54) is 0 Å². The number of carboxylic acids is 1. The van der Waals surface area contributed by atoms with Crippen LogP contribution in [0, 0.1) is 5.92 Å². The van der Waals surface area contributed by atoms with Crippen LogP contribution in [0.5, 0.6) is 5.75 Å². The second-order valence-electron chi connectivity index (χ2n) is 4.75. The van der Waals surface area contributed by atoms with Crippen molar-refractivity contribution in [1.82, 2.24) is 5.32 Å². The zero-order valence-corrected chi connectivity index (χ0v) is 10.8. The van der Waals surface area contributed by atoms with Crippen LogP contribution in [0.4, 0.5) is 0 Å². The van der Waals surface area contributed by atoms with Crippen LogP contribution in [-0.4, -0.2) is 30.1 Å². The van der Waals surface area contributed by atoms with Gasteiger partial charge in [0.25, 0.3) is 5.91 Å². The van der Waals surface area contributed by atoms with Crippen molar-refractivity contribution >= 4 is 11.9 Å². The van der Waals surface area contributed by atoms with Crippen LogP contribution in [0.25, 0.3) is 0 Å². The first-order valence-electron chi connectivity index (χ1n) is 6.28. The number of hydrogen-bond donors (Lipinski definition) is 2. The summed E-state index contributed by atoms with van der Waals surface area (Å²) in [5, 5.41) is 11.8. The Morgan fingerprint density at radius 1 is 1.26 bits per heavy atom. The van der Waals surface area contributed by atoms with Crippen molar-refractivity contribution in [3.05, 3.63) is 29.8 Å². The Balaban J connectivity index is 1.92. The molecule has 5 heteroatoms. The van der Waals surface area contributed by atoms with Gasteiger partial charge < -0.3 is 15.2 Å². The Morgan fingerprint density at radius 2 is 1.95 bits per heavy atom. The molecule has 0 heterocycles. The van der Waals surface area contributed by atoms with Gasteiger partial charge in [-0.3, -0.25) is 9.59 Å². The maximum Gasteiger partial charge on any atom is 0.306 e. The van der Waals surface area contributed by atoms with Crippen molar-refractivity contribution in [2.24, 2.45) is 5.92 Å². The van der Waals surface area contributed by atoms with Gasteiger partial charge in [0, 0.05) is 11.6 Å². The lowest BCUT2D eigenvalue weighted by molar-refractivity contribution is -0.141. The summed E-state index contributed by atoms with van der Waals surface area (Å²) in [6, 6.07) is 6.79. The van der Waals surface area contributed by atoms with Gasteiger partial charge in [0.05, 0.1) is 13.0 Å². The molecule has 2 rings (SSSR count). The van der Waals surface area contributed by atoms with Crippen molar-refractivity contribution in [2.75, 3.05) is 7.11 Å². The highest BCUT2D eigenvalue weighted by Gasteiger charge is 2.30. The van der Waals surface area contributed by atoms with E-state index in [-0.39, 0.29) is 17.9 Å². The normalized spacial score (nSPS) is 21.9. The lowest BCUT2D eigenvalue weighted by Gasteiger charge is -2.12. The van der Waals surface area contributed by atoms with Gasteiger partial charge in [-0.2, -0.15) is 0 Å². The maximum absolute atomic E-state index is 12.0. The Kier molecular flexibility index (Phi) is 4.04. The van der Waals surface area contributed by atoms with Crippen molar-refractivity contribution in [1.29, 1.82) is 0 Å². The van der Waals surface area contributed by atoms with Gasteiger partial charge in [0.2, 0.25) is 0 Å². The van der Waals surface area contributed by atoms with Gasteiger partial charge in [0.15, 0.2) is 0 Å². The summed E-state index contributed by atoms with van der Waals surface area (Å²) >= 11 is 0. The van der Waals surface area contributed by atoms with Crippen LogP contribution in [0.1, 0.15) is 29.6 Å². The van der Waals surface area contributed by atoms with Crippen LogP contribution >= 0.6 is 0 Å². The molecule has 0 radical (unpaired) electrons. The van der Waals surface area contributed by atoms with E-state index in [4.69, 9.17) is 9.84 Å². The van der Waals surface area contributed by atoms with E-state index in [9.17, 15) is 9.59 Å². The van der Waals surface area contributed by atoms with Crippen LogP contribution in [0.15, 0.2) is 24.3 Å². The number of carbonyl (C=O) groups is 2. The number of amides is 1. The third-order valence-corrected chi connectivity index (χ3v) is 3.47. The fourth-order valence-electron chi connectivity index (χ4n) is 2.35. The minimum absolute atomic E-state index is 0.0456. The average Bonchev–Trinajstić information content (AvgIpc) is 2.87. The molecule has 2 N–H and O–H groups in total. The molecule has 0 unspecified atom stereocenters. The third kappa shape index (κ3) is 3.24. The van der Waals surface area contributed by atoms with E-state index in [2.05, 4.69) is 5.32 Å². The fraction of sp³-hybridized carbons (Fsp3) is 0.429. The lowest BCUT2D eigenvalue weighted by atomic mass is 10.1. The molecule has 2 atom stereocenters. The SMILES string of the molecule is COc1ccc(C(=O)N[C@@H]2CC[C@H](C(=O)O)C2)cc1. The molecule has 5 nitrogen and oxygen atoms in total. The highest BCUT2D eigenvalue weighted by atomic mass is 16.5. The minimum atomic E-state index is -0.777. The summed E-state index contributed by atoms with van der Waals surface area (Å²) in [5.74, 6) is -0.579. The molecule has 1 aromatic carbocycles. The highest BCUT2D eigenvalue weighted by Crippen LogP contribution is 2.26. The maximum atomic E-state index is 12.0. The molecular formula is C14H17NO4. The molecule has 1 aromatic rings. The van der Waals surface area contributed by atoms with E-state index >= 15 is 0 Å². The summed E-state index contributed by atoms with van der Waals surface area (Å²) in [5.41, 5.74) is 0.555. The monoisotopic (exact) mass is 263 g/mol. The third-order valence-electron chi connectivity index (χ3n) is 3.47. The van der Waals surface area contributed by atoms with Gasteiger partial charge in [0.1, 0.15) is 5.75 Å². The molecule has 0 bridgehead atoms. The summed E-state index contributed by atoms with van der Waals surface area (Å²) in [7, 11) is 1.57. The minimum Gasteiger partial charge on any atom is -0.497 e. The number of methoxy groups -OCH3 is 1. The molecule has 0 saturated heterocycles. The molecule has 1 aliphatic carbocycles. The van der Waals surface area contributed by atoms with Crippen molar-refractivity contribution in [3.8, 4) is 5.75 Å². The molecular weight excluding hydrogens is 246 g/mol. The first-order chi connectivity index (χ1) is 9.10. The molecule has 0 spiro atoms. The Morgan fingerprint density at radius 3 is 2.47 bits per heavy atom. The highest BCUT2D eigenvalue weighted by molar-refractivity contribution is 5.94. The van der Waals surface area contributed by atoms with Gasteiger partial charge >= 0.3 is 5.97 Å². The summed E-state index contributed by atoms with van der Waals surface area (Å²) in [6.07, 6.45) is 1.86. The summed E-state index contributed by atoms with van der Waals surface area (Å²) in [4.78, 5) is 22.8.